The zero-order valence-electron chi connectivity index (χ0n) is 22.8. The van der Waals surface area contributed by atoms with Gasteiger partial charge in [0, 0.05) is 7.11 Å². The first-order chi connectivity index (χ1) is 17.9. The van der Waals surface area contributed by atoms with Crippen LogP contribution in [0.1, 0.15) is 57.2 Å². The third kappa shape index (κ3) is 4.06. The zero-order valence-corrected chi connectivity index (χ0v) is 22.8. The van der Waals surface area contributed by atoms with Crippen LogP contribution in [0.25, 0.3) is 11.1 Å². The fraction of sp³-hybridized carbons (Fsp3) is 0.278. The normalized spacial score (nSPS) is 27.6. The summed E-state index contributed by atoms with van der Waals surface area (Å²) in [5.74, 6) is 0. The second-order valence-electron chi connectivity index (χ2n) is 11.1. The molecule has 0 aromatic heterocycles. The van der Waals surface area contributed by atoms with Crippen LogP contribution in [0.3, 0.4) is 0 Å². The number of benzene rings is 3. The van der Waals surface area contributed by atoms with Crippen molar-refractivity contribution in [2.24, 2.45) is 5.41 Å². The molecular formula is C36H38O. The van der Waals surface area contributed by atoms with Crippen LogP contribution in [0.5, 0.6) is 0 Å². The molecule has 0 saturated carbocycles. The molecule has 3 atom stereocenters. The van der Waals surface area contributed by atoms with Gasteiger partial charge in [-0.1, -0.05) is 122 Å². The maximum Gasteiger partial charge on any atom is 0.1000 e. The molecule has 3 aromatic carbocycles. The lowest BCUT2D eigenvalue weighted by atomic mass is 9.49. The van der Waals surface area contributed by atoms with E-state index >= 15 is 0 Å². The fourth-order valence-electron chi connectivity index (χ4n) is 6.80. The summed E-state index contributed by atoms with van der Waals surface area (Å²) < 4.78 is 6.72. The standard InChI is InChI=1S/C36H38O/c1-27-28(2)35(4,37-5)36(31-22-14-8-15-23-31,26-34(3)24-16-9-17-25-34)33(30-20-12-7-13-21-30)32(27)29-18-10-6-11-19-29/h6-24H,25-26H2,1-5H3. The van der Waals surface area contributed by atoms with Crippen LogP contribution in [-0.2, 0) is 10.2 Å². The minimum atomic E-state index is -0.556. The van der Waals surface area contributed by atoms with Crippen LogP contribution in [0.4, 0.5) is 0 Å². The summed E-state index contributed by atoms with van der Waals surface area (Å²) in [5.41, 5.74) is 8.02. The molecule has 1 heteroatoms. The van der Waals surface area contributed by atoms with E-state index in [1.807, 2.05) is 7.11 Å². The van der Waals surface area contributed by atoms with Gasteiger partial charge in [0.15, 0.2) is 0 Å². The second kappa shape index (κ2) is 9.80. The van der Waals surface area contributed by atoms with Crippen molar-refractivity contribution in [3.05, 3.63) is 143 Å². The van der Waals surface area contributed by atoms with Gasteiger partial charge in [-0.05, 0) is 78.0 Å². The summed E-state index contributed by atoms with van der Waals surface area (Å²) in [6.07, 6.45) is 11.0. The molecule has 0 saturated heterocycles. The first kappa shape index (κ1) is 25.2. The number of methoxy groups -OCH3 is 1. The second-order valence-corrected chi connectivity index (χ2v) is 11.1. The quantitative estimate of drug-likeness (QED) is 0.337. The summed E-state index contributed by atoms with van der Waals surface area (Å²) in [6, 6.07) is 33.0. The Morgan fingerprint density at radius 3 is 1.84 bits per heavy atom. The van der Waals surface area contributed by atoms with Crippen LogP contribution >= 0.6 is 0 Å². The smallest absolute Gasteiger partial charge is 0.1000 e. The van der Waals surface area contributed by atoms with Crippen molar-refractivity contribution >= 4 is 11.1 Å². The highest BCUT2D eigenvalue weighted by molar-refractivity contribution is 6.04. The number of hydrogen-bond acceptors (Lipinski definition) is 1. The van der Waals surface area contributed by atoms with E-state index in [-0.39, 0.29) is 5.41 Å². The Morgan fingerprint density at radius 1 is 0.730 bits per heavy atom. The molecule has 0 radical (unpaired) electrons. The van der Waals surface area contributed by atoms with Gasteiger partial charge in [-0.2, -0.15) is 0 Å². The Hall–Kier alpha value is -3.42. The highest BCUT2D eigenvalue weighted by Gasteiger charge is 2.59. The molecule has 2 aliphatic rings. The molecular weight excluding hydrogens is 448 g/mol. The summed E-state index contributed by atoms with van der Waals surface area (Å²) in [5, 5.41) is 0. The lowest BCUT2D eigenvalue weighted by Crippen LogP contribution is -2.56. The average Bonchev–Trinajstić information content (AvgIpc) is 2.95. The molecule has 0 amide bonds. The Labute approximate surface area is 222 Å². The van der Waals surface area contributed by atoms with Crippen LogP contribution in [-0.4, -0.2) is 12.7 Å². The topological polar surface area (TPSA) is 9.23 Å². The summed E-state index contributed by atoms with van der Waals surface area (Å²) in [7, 11) is 1.89. The van der Waals surface area contributed by atoms with E-state index in [0.29, 0.717) is 0 Å². The lowest BCUT2D eigenvalue weighted by Gasteiger charge is -2.57. The van der Waals surface area contributed by atoms with Crippen molar-refractivity contribution in [3.63, 3.8) is 0 Å². The van der Waals surface area contributed by atoms with Gasteiger partial charge in [0.1, 0.15) is 0 Å². The van der Waals surface area contributed by atoms with Gasteiger partial charge >= 0.3 is 0 Å². The molecule has 0 N–H and O–H groups in total. The molecule has 0 fully saturated rings. The molecule has 0 aliphatic heterocycles. The van der Waals surface area contributed by atoms with Gasteiger partial charge < -0.3 is 4.74 Å². The van der Waals surface area contributed by atoms with Gasteiger partial charge in [0.05, 0.1) is 11.0 Å². The van der Waals surface area contributed by atoms with E-state index in [2.05, 4.69) is 143 Å². The van der Waals surface area contributed by atoms with E-state index in [1.54, 1.807) is 0 Å². The molecule has 37 heavy (non-hydrogen) atoms. The first-order valence-electron chi connectivity index (χ1n) is 13.4. The maximum absolute atomic E-state index is 6.72. The summed E-state index contributed by atoms with van der Waals surface area (Å²) >= 11 is 0. The van der Waals surface area contributed by atoms with Crippen molar-refractivity contribution in [3.8, 4) is 0 Å². The minimum Gasteiger partial charge on any atom is -0.373 e. The van der Waals surface area contributed by atoms with Crippen LogP contribution in [0, 0.1) is 5.41 Å². The van der Waals surface area contributed by atoms with E-state index in [9.17, 15) is 0 Å². The van der Waals surface area contributed by atoms with Gasteiger partial charge in [-0.25, -0.2) is 0 Å². The Balaban J connectivity index is 1.98. The molecule has 1 nitrogen and oxygen atoms in total. The first-order valence-corrected chi connectivity index (χ1v) is 13.4. The number of rotatable bonds is 6. The highest BCUT2D eigenvalue weighted by Crippen LogP contribution is 2.63. The van der Waals surface area contributed by atoms with Crippen molar-refractivity contribution in [2.75, 3.05) is 7.11 Å². The zero-order chi connectivity index (χ0) is 26.1. The van der Waals surface area contributed by atoms with Gasteiger partial charge in [0.2, 0.25) is 0 Å². The number of allylic oxidation sites excluding steroid dienone is 6. The Morgan fingerprint density at radius 2 is 1.30 bits per heavy atom. The van der Waals surface area contributed by atoms with Gasteiger partial charge in [0.25, 0.3) is 0 Å². The Kier molecular flexibility index (Phi) is 6.68. The molecule has 0 spiro atoms. The van der Waals surface area contributed by atoms with E-state index in [1.165, 1.54) is 39.0 Å². The van der Waals surface area contributed by atoms with Crippen molar-refractivity contribution in [1.29, 1.82) is 0 Å². The minimum absolute atomic E-state index is 0.0300. The van der Waals surface area contributed by atoms with E-state index in [4.69, 9.17) is 4.74 Å². The molecule has 0 bridgehead atoms. The Bertz CT molecular complexity index is 1380. The third-order valence-electron chi connectivity index (χ3n) is 8.94. The molecule has 2 aliphatic carbocycles. The van der Waals surface area contributed by atoms with Crippen molar-refractivity contribution in [1.82, 2.24) is 0 Å². The predicted octanol–water partition coefficient (Wildman–Crippen LogP) is 9.20. The van der Waals surface area contributed by atoms with E-state index < -0.39 is 11.0 Å². The molecule has 3 aromatic rings. The largest absolute Gasteiger partial charge is 0.373 e. The lowest BCUT2D eigenvalue weighted by molar-refractivity contribution is -0.0243. The third-order valence-corrected chi connectivity index (χ3v) is 8.94. The van der Waals surface area contributed by atoms with Gasteiger partial charge in [-0.15, -0.1) is 0 Å². The highest BCUT2D eigenvalue weighted by atomic mass is 16.5. The monoisotopic (exact) mass is 486 g/mol. The number of hydrogen-bond donors (Lipinski definition) is 0. The maximum atomic E-state index is 6.72. The van der Waals surface area contributed by atoms with Crippen LogP contribution in [0.2, 0.25) is 0 Å². The predicted molar refractivity (Wildman–Crippen MR) is 157 cm³/mol. The van der Waals surface area contributed by atoms with Gasteiger partial charge in [-0.3, -0.25) is 0 Å². The molecule has 5 rings (SSSR count). The van der Waals surface area contributed by atoms with Crippen molar-refractivity contribution < 1.29 is 4.74 Å². The summed E-state index contributed by atoms with van der Waals surface area (Å²) in [6.45, 7) is 9.27. The van der Waals surface area contributed by atoms with Crippen LogP contribution in [0.15, 0.2) is 126 Å². The molecule has 3 unspecified atom stereocenters. The fourth-order valence-corrected chi connectivity index (χ4v) is 6.80. The SMILES string of the molecule is COC1(C)C(C)=C(C)C(c2ccccc2)=C(c2ccccc2)C1(CC1(C)C=CC=CC1)c1ccccc1. The molecule has 0 heterocycles. The molecule has 188 valence electrons. The van der Waals surface area contributed by atoms with Crippen molar-refractivity contribution in [2.45, 2.75) is 51.6 Å². The average molecular weight is 487 g/mol. The summed E-state index contributed by atoms with van der Waals surface area (Å²) in [4.78, 5) is 0. The van der Waals surface area contributed by atoms with Crippen LogP contribution < -0.4 is 0 Å². The number of ether oxygens (including phenoxy) is 1. The van der Waals surface area contributed by atoms with E-state index in [0.717, 1.165) is 12.8 Å².